The quantitative estimate of drug-likeness (QED) is 0.645. The van der Waals surface area contributed by atoms with Crippen LogP contribution in [0.1, 0.15) is 19.3 Å². The molecule has 11 heavy (non-hydrogen) atoms. The summed E-state index contributed by atoms with van der Waals surface area (Å²) in [6, 6.07) is 0. The highest BCUT2D eigenvalue weighted by atomic mass is 16.5. The Bertz CT molecular complexity index is 127. The molecule has 0 aromatic carbocycles. The average Bonchev–Trinajstić information content (AvgIpc) is 2.06. The van der Waals surface area contributed by atoms with Crippen LogP contribution in [0.5, 0.6) is 0 Å². The molecule has 0 bridgehead atoms. The van der Waals surface area contributed by atoms with Crippen molar-refractivity contribution in [3.05, 3.63) is 0 Å². The Labute approximate surface area is 66.4 Å². The third-order valence-corrected chi connectivity index (χ3v) is 2.03. The number of aliphatic hydroxyl groups is 1. The molecule has 3 nitrogen and oxygen atoms in total. The van der Waals surface area contributed by atoms with E-state index in [-0.39, 0.29) is 12.4 Å². The van der Waals surface area contributed by atoms with Crippen molar-refractivity contribution in [2.45, 2.75) is 19.3 Å². The molecule has 1 saturated heterocycles. The van der Waals surface area contributed by atoms with Crippen LogP contribution in [0.4, 0.5) is 0 Å². The van der Waals surface area contributed by atoms with Gasteiger partial charge in [-0.1, -0.05) is 0 Å². The smallest absolute Gasteiger partial charge is 0.158 e. The van der Waals surface area contributed by atoms with Crippen LogP contribution in [0.3, 0.4) is 0 Å². The summed E-state index contributed by atoms with van der Waals surface area (Å²) < 4.78 is 5.14. The van der Waals surface area contributed by atoms with Gasteiger partial charge in [-0.25, -0.2) is 0 Å². The Morgan fingerprint density at radius 1 is 1.45 bits per heavy atom. The molecular weight excluding hydrogens is 144 g/mol. The van der Waals surface area contributed by atoms with Gasteiger partial charge in [0.05, 0.1) is 0 Å². The molecule has 0 aliphatic carbocycles. The molecule has 0 spiro atoms. The van der Waals surface area contributed by atoms with E-state index in [0.29, 0.717) is 12.3 Å². The second-order valence-corrected chi connectivity index (χ2v) is 2.96. The van der Waals surface area contributed by atoms with Crippen LogP contribution in [-0.2, 0) is 9.53 Å². The van der Waals surface area contributed by atoms with E-state index in [1.54, 1.807) is 0 Å². The van der Waals surface area contributed by atoms with Gasteiger partial charge in [-0.05, 0) is 18.8 Å². The maximum atomic E-state index is 10.8. The molecule has 1 N–H and O–H groups in total. The summed E-state index contributed by atoms with van der Waals surface area (Å²) in [5.41, 5.74) is 0. The lowest BCUT2D eigenvalue weighted by molar-refractivity contribution is -0.123. The lowest BCUT2D eigenvalue weighted by Crippen LogP contribution is -2.19. The highest BCUT2D eigenvalue weighted by Gasteiger charge is 2.16. The van der Waals surface area contributed by atoms with E-state index < -0.39 is 0 Å². The molecule has 0 aromatic heterocycles. The largest absolute Gasteiger partial charge is 0.389 e. The van der Waals surface area contributed by atoms with Crippen LogP contribution in [0.2, 0.25) is 0 Å². The highest BCUT2D eigenvalue weighted by Crippen LogP contribution is 2.18. The first-order chi connectivity index (χ1) is 5.33. The summed E-state index contributed by atoms with van der Waals surface area (Å²) in [5.74, 6) is 0.403. The molecule has 1 rings (SSSR count). The highest BCUT2D eigenvalue weighted by molar-refractivity contribution is 5.79. The molecule has 1 heterocycles. The van der Waals surface area contributed by atoms with Gasteiger partial charge in [-0.3, -0.25) is 4.79 Å². The maximum Gasteiger partial charge on any atom is 0.158 e. The summed E-state index contributed by atoms with van der Waals surface area (Å²) in [6.45, 7) is 1.23. The Balaban J connectivity index is 2.19. The standard InChI is InChI=1S/C8H14O3/c9-6-8(10)5-7-1-3-11-4-2-7/h7,9H,1-6H2. The molecule has 0 unspecified atom stereocenters. The minimum atomic E-state index is -0.308. The van der Waals surface area contributed by atoms with E-state index in [9.17, 15) is 4.79 Å². The van der Waals surface area contributed by atoms with Gasteiger partial charge in [0, 0.05) is 19.6 Å². The van der Waals surface area contributed by atoms with Crippen LogP contribution >= 0.6 is 0 Å². The van der Waals surface area contributed by atoms with E-state index in [1.807, 2.05) is 0 Å². The van der Waals surface area contributed by atoms with Crippen LogP contribution in [0.15, 0.2) is 0 Å². The van der Waals surface area contributed by atoms with Gasteiger partial charge in [0.1, 0.15) is 6.61 Å². The molecule has 0 amide bonds. The molecular formula is C8H14O3. The molecule has 0 atom stereocenters. The molecule has 0 radical (unpaired) electrons. The lowest BCUT2D eigenvalue weighted by atomic mass is 9.95. The van der Waals surface area contributed by atoms with E-state index in [1.165, 1.54) is 0 Å². The third-order valence-electron chi connectivity index (χ3n) is 2.03. The summed E-state index contributed by atoms with van der Waals surface area (Å²) in [7, 11) is 0. The number of carbonyl (C=O) groups is 1. The SMILES string of the molecule is O=C(CO)CC1CCOCC1. The minimum absolute atomic E-state index is 0.0445. The molecule has 0 saturated carbocycles. The lowest BCUT2D eigenvalue weighted by Gasteiger charge is -2.20. The molecule has 64 valence electrons. The normalized spacial score (nSPS) is 20.1. The fourth-order valence-electron chi connectivity index (χ4n) is 1.34. The second kappa shape index (κ2) is 4.46. The van der Waals surface area contributed by atoms with E-state index in [4.69, 9.17) is 9.84 Å². The zero-order valence-corrected chi connectivity index (χ0v) is 6.58. The maximum absolute atomic E-state index is 10.8. The van der Waals surface area contributed by atoms with Crippen molar-refractivity contribution in [3.63, 3.8) is 0 Å². The van der Waals surface area contributed by atoms with Crippen molar-refractivity contribution in [2.75, 3.05) is 19.8 Å². The fraction of sp³-hybridized carbons (Fsp3) is 0.875. The number of carbonyl (C=O) groups excluding carboxylic acids is 1. The van der Waals surface area contributed by atoms with Crippen LogP contribution in [0.25, 0.3) is 0 Å². The van der Waals surface area contributed by atoms with Gasteiger partial charge in [0.25, 0.3) is 0 Å². The predicted molar refractivity (Wildman–Crippen MR) is 40.3 cm³/mol. The Morgan fingerprint density at radius 3 is 2.64 bits per heavy atom. The Morgan fingerprint density at radius 2 is 2.09 bits per heavy atom. The number of Topliss-reactive ketones (excluding diaryl/α,β-unsaturated/α-hetero) is 1. The van der Waals surface area contributed by atoms with Gasteiger partial charge in [-0.2, -0.15) is 0 Å². The van der Waals surface area contributed by atoms with Crippen molar-refractivity contribution in [2.24, 2.45) is 5.92 Å². The second-order valence-electron chi connectivity index (χ2n) is 2.96. The van der Waals surface area contributed by atoms with Gasteiger partial charge < -0.3 is 9.84 Å². The summed E-state index contributed by atoms with van der Waals surface area (Å²) >= 11 is 0. The summed E-state index contributed by atoms with van der Waals surface area (Å²) in [6.07, 6.45) is 2.46. The zero-order valence-electron chi connectivity index (χ0n) is 6.58. The third kappa shape index (κ3) is 2.99. The predicted octanol–water partition coefficient (Wildman–Crippen LogP) is 0.365. The van der Waals surface area contributed by atoms with Crippen molar-refractivity contribution in [1.82, 2.24) is 0 Å². The van der Waals surface area contributed by atoms with E-state index in [2.05, 4.69) is 0 Å². The van der Waals surface area contributed by atoms with E-state index in [0.717, 1.165) is 26.1 Å². The van der Waals surface area contributed by atoms with Gasteiger partial charge in [0.2, 0.25) is 0 Å². The van der Waals surface area contributed by atoms with Crippen LogP contribution in [-0.4, -0.2) is 30.7 Å². The topological polar surface area (TPSA) is 46.5 Å². The van der Waals surface area contributed by atoms with Crippen molar-refractivity contribution in [1.29, 1.82) is 0 Å². The summed E-state index contributed by atoms with van der Waals surface area (Å²) in [4.78, 5) is 10.8. The molecule has 1 aliphatic heterocycles. The first-order valence-corrected chi connectivity index (χ1v) is 4.03. The molecule has 1 aliphatic rings. The van der Waals surface area contributed by atoms with Gasteiger partial charge in [0.15, 0.2) is 5.78 Å². The number of hydrogen-bond donors (Lipinski definition) is 1. The monoisotopic (exact) mass is 158 g/mol. The van der Waals surface area contributed by atoms with Crippen LogP contribution < -0.4 is 0 Å². The molecule has 0 aromatic rings. The first-order valence-electron chi connectivity index (χ1n) is 4.03. The molecule has 1 fully saturated rings. The number of rotatable bonds is 3. The van der Waals surface area contributed by atoms with Crippen molar-refractivity contribution < 1.29 is 14.6 Å². The van der Waals surface area contributed by atoms with Gasteiger partial charge >= 0.3 is 0 Å². The van der Waals surface area contributed by atoms with Crippen molar-refractivity contribution >= 4 is 5.78 Å². The van der Waals surface area contributed by atoms with Crippen molar-refractivity contribution in [3.8, 4) is 0 Å². The van der Waals surface area contributed by atoms with Crippen LogP contribution in [0, 0.1) is 5.92 Å². The fourth-order valence-corrected chi connectivity index (χ4v) is 1.34. The van der Waals surface area contributed by atoms with Gasteiger partial charge in [-0.15, -0.1) is 0 Å². The number of ether oxygens (including phenoxy) is 1. The zero-order chi connectivity index (χ0) is 8.10. The Kier molecular flexibility index (Phi) is 3.52. The molecule has 3 heteroatoms. The van der Waals surface area contributed by atoms with E-state index >= 15 is 0 Å². The number of ketones is 1. The Hall–Kier alpha value is -0.410. The number of aliphatic hydroxyl groups excluding tert-OH is 1. The number of hydrogen-bond acceptors (Lipinski definition) is 3. The average molecular weight is 158 g/mol. The summed E-state index contributed by atoms with van der Waals surface area (Å²) in [5, 5.41) is 8.48. The first kappa shape index (κ1) is 8.68. The minimum Gasteiger partial charge on any atom is -0.389 e.